The second kappa shape index (κ2) is 14.8. The minimum absolute atomic E-state index is 0.0326. The average Bonchev–Trinajstić information content (AvgIpc) is 3.27. The van der Waals surface area contributed by atoms with Gasteiger partial charge in [-0.25, -0.2) is 5.06 Å². The van der Waals surface area contributed by atoms with E-state index in [1.165, 1.54) is 0 Å². The fraction of sp³-hybridized carbons (Fsp3) is 0.605. The third-order valence-corrected chi connectivity index (χ3v) is 23.2. The number of fused-ring (bicyclic) bond motifs is 2. The van der Waals surface area contributed by atoms with Gasteiger partial charge in [0, 0.05) is 5.92 Å². The number of β-lactam (4-membered cyclic amide) rings is 1. The highest BCUT2D eigenvalue weighted by Gasteiger charge is 2.77. The number of hydrogen-bond acceptors (Lipinski definition) is 10. The van der Waals surface area contributed by atoms with E-state index in [0.717, 1.165) is 10.6 Å². The van der Waals surface area contributed by atoms with Crippen molar-refractivity contribution in [2.75, 3.05) is 13.7 Å². The first kappa shape index (κ1) is 39.3. The van der Waals surface area contributed by atoms with Gasteiger partial charge < -0.3 is 28.2 Å². The number of aliphatic hydroxyl groups is 2. The van der Waals surface area contributed by atoms with Crippen molar-refractivity contribution < 1.29 is 47.4 Å². The molecule has 0 radical (unpaired) electrons. The van der Waals surface area contributed by atoms with Crippen LogP contribution in [0, 0.1) is 5.92 Å². The normalized spacial score (nSPS) is 28.6. The number of ether oxygens (including phenoxy) is 2. The van der Waals surface area contributed by atoms with Crippen LogP contribution in [0.1, 0.15) is 72.9 Å². The second-order valence-corrected chi connectivity index (χ2v) is 25.2. The molecular formula is C38H55NO10Si2. The molecule has 5 rings (SSSR count). The Morgan fingerprint density at radius 2 is 1.53 bits per heavy atom. The smallest absolute Gasteiger partial charge is 0.333 e. The summed E-state index contributed by atoms with van der Waals surface area (Å²) in [5.41, 5.74) is -2.51. The van der Waals surface area contributed by atoms with Crippen LogP contribution < -0.4 is 4.74 Å². The average molecular weight is 742 g/mol. The van der Waals surface area contributed by atoms with E-state index in [2.05, 4.69) is 55.4 Å². The molecule has 2 N–H and O–H groups in total. The Labute approximate surface area is 303 Å². The summed E-state index contributed by atoms with van der Waals surface area (Å²) in [5.74, 6) is -2.16. The largest absolute Gasteiger partial charge is 0.497 e. The van der Waals surface area contributed by atoms with Crippen LogP contribution in [0.2, 0.25) is 28.2 Å². The van der Waals surface area contributed by atoms with Crippen molar-refractivity contribution in [2.24, 2.45) is 5.92 Å². The van der Waals surface area contributed by atoms with Gasteiger partial charge in [0.1, 0.15) is 30.6 Å². The van der Waals surface area contributed by atoms with Crippen LogP contribution in [-0.4, -0.2) is 86.9 Å². The van der Waals surface area contributed by atoms with Crippen molar-refractivity contribution in [1.82, 2.24) is 5.06 Å². The third-order valence-electron chi connectivity index (χ3n) is 11.6. The number of Topliss-reactive ketones (excluding diaryl/α,β-unsaturated/α-hetero) is 1. The van der Waals surface area contributed by atoms with Crippen molar-refractivity contribution in [1.29, 1.82) is 0 Å². The van der Waals surface area contributed by atoms with Crippen molar-refractivity contribution in [3.63, 3.8) is 0 Å². The Morgan fingerprint density at radius 1 is 0.922 bits per heavy atom. The van der Waals surface area contributed by atoms with E-state index in [1.54, 1.807) is 31.4 Å². The molecule has 1 unspecified atom stereocenters. The molecule has 2 aliphatic heterocycles. The molecule has 3 aliphatic rings. The maximum Gasteiger partial charge on any atom is 0.333 e. The maximum absolute atomic E-state index is 14.6. The van der Waals surface area contributed by atoms with E-state index < -0.39 is 64.5 Å². The van der Waals surface area contributed by atoms with Crippen LogP contribution in [0.15, 0.2) is 54.6 Å². The highest BCUT2D eigenvalue weighted by atomic mass is 28.4. The summed E-state index contributed by atoms with van der Waals surface area (Å²) in [6, 6.07) is 16.6. The zero-order valence-corrected chi connectivity index (χ0v) is 33.4. The second-order valence-electron chi connectivity index (χ2n) is 15.7. The Morgan fingerprint density at radius 3 is 2.06 bits per heavy atom. The van der Waals surface area contributed by atoms with Crippen LogP contribution in [0.5, 0.6) is 5.75 Å². The number of rotatable bonds is 12. The monoisotopic (exact) mass is 741 g/mol. The number of ketones is 1. The van der Waals surface area contributed by atoms with E-state index in [0.29, 0.717) is 17.4 Å². The van der Waals surface area contributed by atoms with Gasteiger partial charge in [-0.2, -0.15) is 0 Å². The number of benzene rings is 2. The number of hydrogen-bond donors (Lipinski definition) is 2. The van der Waals surface area contributed by atoms with Gasteiger partial charge in [0.15, 0.2) is 13.9 Å². The number of methoxy groups -OCH3 is 1. The molecule has 0 bridgehead atoms. The number of hydroxylamine groups is 2. The number of carbonyl (C=O) groups excluding carboxylic acids is 3. The van der Waals surface area contributed by atoms with Crippen LogP contribution in [0.4, 0.5) is 0 Å². The topological polar surface area (TPSA) is 141 Å². The van der Waals surface area contributed by atoms with Gasteiger partial charge in [-0.15, -0.1) is 0 Å². The fourth-order valence-electron chi connectivity index (χ4n) is 8.54. The van der Waals surface area contributed by atoms with Gasteiger partial charge in [0.2, 0.25) is 11.7 Å². The van der Waals surface area contributed by atoms with Gasteiger partial charge in [-0.1, -0.05) is 97.9 Å². The molecule has 0 aromatic heterocycles. The van der Waals surface area contributed by atoms with Gasteiger partial charge in [0.25, 0.3) is 0 Å². The van der Waals surface area contributed by atoms with E-state index in [1.807, 2.05) is 30.3 Å². The Hall–Kier alpha value is -2.92. The summed E-state index contributed by atoms with van der Waals surface area (Å²) in [6.07, 6.45) is -3.40. The number of amides is 1. The van der Waals surface area contributed by atoms with Crippen LogP contribution in [0.3, 0.4) is 0 Å². The fourth-order valence-corrected chi connectivity index (χ4v) is 21.4. The van der Waals surface area contributed by atoms with E-state index in [-0.39, 0.29) is 47.5 Å². The number of aliphatic hydroxyl groups excluding tert-OH is 1. The van der Waals surface area contributed by atoms with Crippen LogP contribution in [-0.2, 0) is 45.5 Å². The van der Waals surface area contributed by atoms with Gasteiger partial charge >= 0.3 is 14.5 Å². The Bertz CT molecular complexity index is 1550. The van der Waals surface area contributed by atoms with Crippen molar-refractivity contribution >= 4 is 34.5 Å². The zero-order valence-electron chi connectivity index (χ0n) is 31.4. The van der Waals surface area contributed by atoms with E-state index in [9.17, 15) is 24.6 Å². The standard InChI is InChI=1S/C38H55NO10Si2/c1-24(2)50(25(3)4)22-31-36(48-51(49-50,26(5)6)27(7)8)38(44,23-46-33(41)19-28-15-17-30(45-9)18-16-28)35(43)34(42)37(31)20-32(40)39(37)47-21-29-13-11-10-12-14-29/h10-18,24-27,31,34,36,42,44H,19-23H2,1-9H3/t31-,34?,36+,37+,38+/m1/s1. The molecule has 2 aromatic rings. The molecule has 1 spiro atoms. The summed E-state index contributed by atoms with van der Waals surface area (Å²) in [6.45, 7) is 16.1. The molecule has 11 nitrogen and oxygen atoms in total. The summed E-state index contributed by atoms with van der Waals surface area (Å²) in [7, 11) is -4.65. The molecule has 2 aromatic carbocycles. The summed E-state index contributed by atoms with van der Waals surface area (Å²) >= 11 is 0. The first-order valence-corrected chi connectivity index (χ1v) is 22.3. The molecule has 280 valence electrons. The quantitative estimate of drug-likeness (QED) is 0.160. The molecular weight excluding hydrogens is 687 g/mol. The molecule has 1 amide bonds. The third kappa shape index (κ3) is 6.75. The van der Waals surface area contributed by atoms with Crippen molar-refractivity contribution in [3.8, 4) is 5.75 Å². The van der Waals surface area contributed by atoms with Crippen molar-refractivity contribution in [2.45, 2.75) is 126 Å². The van der Waals surface area contributed by atoms with Crippen LogP contribution in [0.25, 0.3) is 0 Å². The van der Waals surface area contributed by atoms with E-state index in [4.69, 9.17) is 22.9 Å². The zero-order chi connectivity index (χ0) is 37.5. The van der Waals surface area contributed by atoms with Gasteiger partial charge in [-0.3, -0.25) is 19.2 Å². The molecule has 1 aliphatic carbocycles. The molecule has 1 saturated carbocycles. The lowest BCUT2D eigenvalue weighted by atomic mass is 9.58. The highest BCUT2D eigenvalue weighted by molar-refractivity contribution is 6.87. The molecule has 2 saturated heterocycles. The predicted octanol–water partition coefficient (Wildman–Crippen LogP) is 5.62. The number of nitrogens with zero attached hydrogens (tertiary/aromatic N) is 1. The lowest BCUT2D eigenvalue weighted by Crippen LogP contribution is -2.83. The minimum atomic E-state index is -3.31. The lowest BCUT2D eigenvalue weighted by molar-refractivity contribution is -0.311. The summed E-state index contributed by atoms with van der Waals surface area (Å²) in [4.78, 5) is 47.5. The summed E-state index contributed by atoms with van der Waals surface area (Å²) in [5, 5.41) is 26.0. The highest BCUT2D eigenvalue weighted by Crippen LogP contribution is 2.59. The SMILES string of the molecule is COc1ccc(CC(=O)OC[C@]2(O)C(=O)C(O)[C@]3(CC(=O)N3OCc3ccccc3)[C@@H]3C[Si](C(C)C)(C(C)C)O[Si](C(C)C)(C(C)C)O[C@@H]32)cc1. The molecule has 3 fully saturated rings. The lowest BCUT2D eigenvalue weighted by Gasteiger charge is -2.62. The van der Waals surface area contributed by atoms with Crippen LogP contribution >= 0.6 is 0 Å². The summed E-state index contributed by atoms with van der Waals surface area (Å²) < 4.78 is 25.7. The number of esters is 1. The van der Waals surface area contributed by atoms with Gasteiger partial charge in [0.05, 0.1) is 26.1 Å². The maximum atomic E-state index is 14.6. The first-order valence-electron chi connectivity index (χ1n) is 18.1. The Kier molecular flexibility index (Phi) is 11.4. The minimum Gasteiger partial charge on any atom is -0.497 e. The molecule has 5 atom stereocenters. The molecule has 2 heterocycles. The van der Waals surface area contributed by atoms with E-state index >= 15 is 0 Å². The first-order chi connectivity index (χ1) is 24.0. The van der Waals surface area contributed by atoms with Crippen molar-refractivity contribution in [3.05, 3.63) is 65.7 Å². The predicted molar refractivity (Wildman–Crippen MR) is 195 cm³/mol. The number of carbonyl (C=O) groups is 3. The molecule has 13 heteroatoms. The van der Waals surface area contributed by atoms with Gasteiger partial charge in [-0.05, 0) is 51.5 Å². The molecule has 51 heavy (non-hydrogen) atoms. The Balaban J connectivity index is 1.61.